The molecular formula is C23H16N8. The number of fused-ring (bicyclic) bond motifs is 2. The summed E-state index contributed by atoms with van der Waals surface area (Å²) in [5.74, 6) is 0. The lowest BCUT2D eigenvalue weighted by Crippen LogP contribution is -1.90. The number of rotatable bonds is 3. The minimum atomic E-state index is 0.594. The lowest BCUT2D eigenvalue weighted by atomic mass is 10.1. The van der Waals surface area contributed by atoms with Gasteiger partial charge in [0.2, 0.25) is 0 Å². The molecular weight excluding hydrogens is 388 g/mol. The number of H-pyrrole nitrogens is 2. The molecule has 0 radical (unpaired) electrons. The van der Waals surface area contributed by atoms with Gasteiger partial charge in [0.05, 0.1) is 34.0 Å². The van der Waals surface area contributed by atoms with Crippen molar-refractivity contribution in [3.63, 3.8) is 0 Å². The molecule has 6 aromatic heterocycles. The first-order chi connectivity index (χ1) is 15.3. The Hall–Kier alpha value is -4.59. The Morgan fingerprint density at radius 1 is 0.806 bits per heavy atom. The summed E-state index contributed by atoms with van der Waals surface area (Å²) in [5, 5.41) is 8.56. The molecule has 0 bridgehead atoms. The second-order valence-corrected chi connectivity index (χ2v) is 7.19. The standard InChI is InChI=1S/C23H16N8/c24-14-9-13(11-25-12-14)16-4-5-19-22(29-16)23(31-30-19)20-10-15-17(28-20)6-8-27-21(15)18-3-1-2-7-26-18/h1-12,28H,24H2,(H,30,31). The number of nitrogens with one attached hydrogen (secondary N) is 2. The van der Waals surface area contributed by atoms with E-state index in [-0.39, 0.29) is 0 Å². The Morgan fingerprint density at radius 2 is 1.77 bits per heavy atom. The molecule has 0 fully saturated rings. The summed E-state index contributed by atoms with van der Waals surface area (Å²) in [7, 11) is 0. The van der Waals surface area contributed by atoms with E-state index in [4.69, 9.17) is 10.7 Å². The van der Waals surface area contributed by atoms with Gasteiger partial charge in [-0.15, -0.1) is 0 Å². The highest BCUT2D eigenvalue weighted by Crippen LogP contribution is 2.32. The molecule has 148 valence electrons. The zero-order valence-corrected chi connectivity index (χ0v) is 16.2. The summed E-state index contributed by atoms with van der Waals surface area (Å²) >= 11 is 0. The molecule has 6 rings (SSSR count). The van der Waals surface area contributed by atoms with E-state index in [9.17, 15) is 0 Å². The average Bonchev–Trinajstić information content (AvgIpc) is 3.43. The molecule has 0 amide bonds. The van der Waals surface area contributed by atoms with Gasteiger partial charge in [0, 0.05) is 41.3 Å². The van der Waals surface area contributed by atoms with Crippen LogP contribution in [0, 0.1) is 0 Å². The molecule has 8 heteroatoms. The molecule has 0 aliphatic heterocycles. The van der Waals surface area contributed by atoms with Crippen LogP contribution in [0.2, 0.25) is 0 Å². The first kappa shape index (κ1) is 17.3. The highest BCUT2D eigenvalue weighted by molar-refractivity contribution is 5.98. The number of hydrogen-bond acceptors (Lipinski definition) is 6. The number of nitrogens with zero attached hydrogens (tertiary/aromatic N) is 5. The predicted molar refractivity (Wildman–Crippen MR) is 120 cm³/mol. The van der Waals surface area contributed by atoms with Crippen LogP contribution in [-0.4, -0.2) is 35.1 Å². The third kappa shape index (κ3) is 2.89. The lowest BCUT2D eigenvalue weighted by molar-refractivity contribution is 1.12. The number of aromatic nitrogens is 7. The Balaban J connectivity index is 1.51. The van der Waals surface area contributed by atoms with Gasteiger partial charge in [0.25, 0.3) is 0 Å². The van der Waals surface area contributed by atoms with Gasteiger partial charge >= 0.3 is 0 Å². The van der Waals surface area contributed by atoms with E-state index in [2.05, 4.69) is 30.1 Å². The van der Waals surface area contributed by atoms with Gasteiger partial charge in [-0.1, -0.05) is 6.07 Å². The minimum Gasteiger partial charge on any atom is -0.397 e. The van der Waals surface area contributed by atoms with Crippen molar-refractivity contribution < 1.29 is 0 Å². The van der Waals surface area contributed by atoms with Crippen LogP contribution in [0.25, 0.3) is 56.0 Å². The van der Waals surface area contributed by atoms with Crippen LogP contribution < -0.4 is 5.73 Å². The molecule has 4 N–H and O–H groups in total. The summed E-state index contributed by atoms with van der Waals surface area (Å²) in [6.45, 7) is 0. The van der Waals surface area contributed by atoms with E-state index in [1.165, 1.54) is 0 Å². The fourth-order valence-electron chi connectivity index (χ4n) is 3.73. The minimum absolute atomic E-state index is 0.594. The van der Waals surface area contributed by atoms with Crippen LogP contribution in [-0.2, 0) is 0 Å². The van der Waals surface area contributed by atoms with Crippen molar-refractivity contribution >= 4 is 27.6 Å². The van der Waals surface area contributed by atoms with E-state index in [1.807, 2.05) is 48.5 Å². The number of anilines is 1. The molecule has 0 aliphatic carbocycles. The number of aromatic amines is 2. The van der Waals surface area contributed by atoms with E-state index < -0.39 is 0 Å². The van der Waals surface area contributed by atoms with Crippen LogP contribution >= 0.6 is 0 Å². The molecule has 0 aliphatic rings. The van der Waals surface area contributed by atoms with Crippen LogP contribution in [0.15, 0.2) is 73.3 Å². The van der Waals surface area contributed by atoms with E-state index in [0.717, 1.165) is 56.0 Å². The van der Waals surface area contributed by atoms with Crippen molar-refractivity contribution in [2.45, 2.75) is 0 Å². The normalized spacial score (nSPS) is 11.4. The molecule has 31 heavy (non-hydrogen) atoms. The van der Waals surface area contributed by atoms with Crippen molar-refractivity contribution in [3.8, 4) is 34.0 Å². The van der Waals surface area contributed by atoms with E-state index in [0.29, 0.717) is 5.69 Å². The Morgan fingerprint density at radius 3 is 2.65 bits per heavy atom. The first-order valence-corrected chi connectivity index (χ1v) is 9.72. The van der Waals surface area contributed by atoms with E-state index >= 15 is 0 Å². The lowest BCUT2D eigenvalue weighted by Gasteiger charge is -2.02. The third-order valence-corrected chi connectivity index (χ3v) is 5.17. The molecule has 0 atom stereocenters. The smallest absolute Gasteiger partial charge is 0.135 e. The van der Waals surface area contributed by atoms with Gasteiger partial charge < -0.3 is 10.7 Å². The van der Waals surface area contributed by atoms with Crippen molar-refractivity contribution in [2.24, 2.45) is 0 Å². The summed E-state index contributed by atoms with van der Waals surface area (Å²) < 4.78 is 0. The molecule has 0 spiro atoms. The predicted octanol–water partition coefficient (Wildman–Crippen LogP) is 4.21. The van der Waals surface area contributed by atoms with Crippen LogP contribution in [0.1, 0.15) is 0 Å². The summed E-state index contributed by atoms with van der Waals surface area (Å²) in [6.07, 6.45) is 6.90. The Labute approximate surface area is 176 Å². The van der Waals surface area contributed by atoms with Crippen molar-refractivity contribution in [2.75, 3.05) is 5.73 Å². The fraction of sp³-hybridized carbons (Fsp3) is 0. The quantitative estimate of drug-likeness (QED) is 0.406. The fourth-order valence-corrected chi connectivity index (χ4v) is 3.73. The maximum Gasteiger partial charge on any atom is 0.135 e. The van der Waals surface area contributed by atoms with Gasteiger partial charge in [-0.25, -0.2) is 4.98 Å². The maximum absolute atomic E-state index is 5.89. The van der Waals surface area contributed by atoms with Gasteiger partial charge in [-0.05, 0) is 42.5 Å². The largest absolute Gasteiger partial charge is 0.397 e. The van der Waals surface area contributed by atoms with Crippen LogP contribution in [0.3, 0.4) is 0 Å². The molecule has 0 unspecified atom stereocenters. The third-order valence-electron chi connectivity index (χ3n) is 5.17. The average molecular weight is 404 g/mol. The second kappa shape index (κ2) is 6.74. The molecule has 0 saturated heterocycles. The topological polar surface area (TPSA) is 122 Å². The highest BCUT2D eigenvalue weighted by atomic mass is 15.1. The van der Waals surface area contributed by atoms with Crippen molar-refractivity contribution in [3.05, 3.63) is 73.3 Å². The van der Waals surface area contributed by atoms with Gasteiger partial charge in [-0.3, -0.25) is 20.1 Å². The molecule has 0 saturated carbocycles. The molecule has 8 nitrogen and oxygen atoms in total. The Bertz CT molecular complexity index is 1550. The first-order valence-electron chi connectivity index (χ1n) is 9.72. The molecule has 0 aromatic carbocycles. The van der Waals surface area contributed by atoms with Crippen LogP contribution in [0.4, 0.5) is 5.69 Å². The zero-order valence-electron chi connectivity index (χ0n) is 16.2. The van der Waals surface area contributed by atoms with Gasteiger partial charge in [-0.2, -0.15) is 5.10 Å². The molecule has 6 aromatic rings. The summed E-state index contributed by atoms with van der Waals surface area (Å²) in [5.41, 5.74) is 13.9. The van der Waals surface area contributed by atoms with Crippen molar-refractivity contribution in [1.82, 2.24) is 35.1 Å². The Kier molecular flexibility index (Phi) is 3.76. The van der Waals surface area contributed by atoms with E-state index in [1.54, 1.807) is 24.8 Å². The van der Waals surface area contributed by atoms with Crippen LogP contribution in [0.5, 0.6) is 0 Å². The summed E-state index contributed by atoms with van der Waals surface area (Å²) in [6, 6.07) is 15.5. The number of hydrogen-bond donors (Lipinski definition) is 3. The van der Waals surface area contributed by atoms with Crippen molar-refractivity contribution in [1.29, 1.82) is 0 Å². The van der Waals surface area contributed by atoms with Gasteiger partial charge in [0.15, 0.2) is 0 Å². The van der Waals surface area contributed by atoms with Gasteiger partial charge in [0.1, 0.15) is 11.2 Å². The number of pyridine rings is 4. The SMILES string of the molecule is Nc1cncc(-c2ccc3[nH]nc(-c4cc5c(-c6ccccn6)nccc5[nH]4)c3n2)c1. The summed E-state index contributed by atoms with van der Waals surface area (Å²) in [4.78, 5) is 21.4. The maximum atomic E-state index is 5.89. The number of nitrogens with two attached hydrogens (primary N) is 1. The number of nitrogen functional groups attached to an aromatic ring is 1. The zero-order chi connectivity index (χ0) is 20.8. The molecule has 6 heterocycles. The second-order valence-electron chi connectivity index (χ2n) is 7.19. The monoisotopic (exact) mass is 404 g/mol. The highest BCUT2D eigenvalue weighted by Gasteiger charge is 2.16.